The summed E-state index contributed by atoms with van der Waals surface area (Å²) in [5.41, 5.74) is 0. The van der Waals surface area contributed by atoms with E-state index in [0.717, 1.165) is 21.9 Å². The minimum absolute atomic E-state index is 0.194. The zero-order chi connectivity index (χ0) is 11.4. The molecule has 0 saturated heterocycles. The van der Waals surface area contributed by atoms with E-state index in [9.17, 15) is 5.11 Å². The smallest absolute Gasteiger partial charge is 0.0679 e. The maximum absolute atomic E-state index is 9.97. The van der Waals surface area contributed by atoms with Gasteiger partial charge < -0.3 is 5.11 Å². The second-order valence-electron chi connectivity index (χ2n) is 4.29. The van der Waals surface area contributed by atoms with Gasteiger partial charge in [-0.05, 0) is 40.2 Å². The average molecular weight is 321 g/mol. The lowest BCUT2D eigenvalue weighted by Crippen LogP contribution is -2.15. The van der Waals surface area contributed by atoms with Gasteiger partial charge in [0.25, 0.3) is 0 Å². The summed E-state index contributed by atoms with van der Waals surface area (Å²) in [4.78, 5) is 1.26. The van der Waals surface area contributed by atoms with Crippen molar-refractivity contribution in [2.45, 2.75) is 43.5 Å². The average Bonchev–Trinajstić information content (AvgIpc) is 2.88. The van der Waals surface area contributed by atoms with Gasteiger partial charge in [-0.1, -0.05) is 12.8 Å². The van der Waals surface area contributed by atoms with Gasteiger partial charge in [-0.2, -0.15) is 11.8 Å². The number of aliphatic hydroxyl groups is 1. The summed E-state index contributed by atoms with van der Waals surface area (Å²) in [7, 11) is 0. The van der Waals surface area contributed by atoms with Crippen LogP contribution in [-0.2, 0) is 6.42 Å². The summed E-state index contributed by atoms with van der Waals surface area (Å²) in [5.74, 6) is 0.884. The number of thiophene rings is 1. The summed E-state index contributed by atoms with van der Waals surface area (Å²) >= 11 is 7.18. The zero-order valence-electron chi connectivity index (χ0n) is 9.19. The van der Waals surface area contributed by atoms with E-state index >= 15 is 0 Å². The Morgan fingerprint density at radius 1 is 1.50 bits per heavy atom. The molecule has 1 N–H and O–H groups in total. The Kier molecular flexibility index (Phi) is 5.20. The largest absolute Gasteiger partial charge is 0.392 e. The topological polar surface area (TPSA) is 20.2 Å². The highest BCUT2D eigenvalue weighted by Gasteiger charge is 2.17. The van der Waals surface area contributed by atoms with Crippen LogP contribution in [0.5, 0.6) is 0 Å². The number of hydrogen-bond acceptors (Lipinski definition) is 3. The highest BCUT2D eigenvalue weighted by molar-refractivity contribution is 9.10. The van der Waals surface area contributed by atoms with E-state index in [1.54, 1.807) is 11.3 Å². The van der Waals surface area contributed by atoms with Crippen LogP contribution in [0.25, 0.3) is 0 Å². The zero-order valence-corrected chi connectivity index (χ0v) is 12.4. The van der Waals surface area contributed by atoms with Crippen LogP contribution >= 0.6 is 39.0 Å². The van der Waals surface area contributed by atoms with Crippen molar-refractivity contribution >= 4 is 39.0 Å². The van der Waals surface area contributed by atoms with E-state index in [1.807, 2.05) is 11.8 Å². The number of hydrogen-bond donors (Lipinski definition) is 1. The lowest BCUT2D eigenvalue weighted by molar-refractivity contribution is 0.201. The van der Waals surface area contributed by atoms with Crippen LogP contribution in [0.15, 0.2) is 15.9 Å². The first-order chi connectivity index (χ1) is 7.75. The highest BCUT2D eigenvalue weighted by atomic mass is 79.9. The van der Waals surface area contributed by atoms with E-state index in [1.165, 1.54) is 30.6 Å². The second kappa shape index (κ2) is 6.43. The Morgan fingerprint density at radius 3 is 2.88 bits per heavy atom. The van der Waals surface area contributed by atoms with Crippen molar-refractivity contribution in [2.75, 3.05) is 5.75 Å². The third kappa shape index (κ3) is 3.76. The van der Waals surface area contributed by atoms with Crippen molar-refractivity contribution < 1.29 is 5.11 Å². The number of thioether (sulfide) groups is 1. The Hall–Kier alpha value is 0.490. The molecule has 1 saturated carbocycles. The standard InChI is InChI=1S/C12H17BrOS2/c13-11-5-6-15-12(11)7-9(14)8-16-10-3-1-2-4-10/h5-6,9-10,14H,1-4,7-8H2. The van der Waals surface area contributed by atoms with Crippen molar-refractivity contribution in [3.63, 3.8) is 0 Å². The van der Waals surface area contributed by atoms with Gasteiger partial charge in [0.05, 0.1) is 6.10 Å². The number of rotatable bonds is 5. The van der Waals surface area contributed by atoms with Crippen LogP contribution in [0.1, 0.15) is 30.6 Å². The van der Waals surface area contributed by atoms with Gasteiger partial charge >= 0.3 is 0 Å². The van der Waals surface area contributed by atoms with Gasteiger partial charge in [-0.15, -0.1) is 11.3 Å². The molecule has 90 valence electrons. The molecule has 4 heteroatoms. The molecule has 1 aliphatic rings. The van der Waals surface area contributed by atoms with Gasteiger partial charge in [-0.25, -0.2) is 0 Å². The Balaban J connectivity index is 1.71. The molecule has 16 heavy (non-hydrogen) atoms. The molecular formula is C12H17BrOS2. The lowest BCUT2D eigenvalue weighted by Gasteiger charge is -2.13. The SMILES string of the molecule is OC(CSC1CCCC1)Cc1sccc1Br. The fraction of sp³-hybridized carbons (Fsp3) is 0.667. The summed E-state index contributed by atoms with van der Waals surface area (Å²) in [6.07, 6.45) is 6.05. The van der Waals surface area contributed by atoms with Crippen LogP contribution in [0.4, 0.5) is 0 Å². The van der Waals surface area contributed by atoms with E-state index < -0.39 is 0 Å². The lowest BCUT2D eigenvalue weighted by atomic mass is 10.2. The van der Waals surface area contributed by atoms with Crippen molar-refractivity contribution in [1.82, 2.24) is 0 Å². The van der Waals surface area contributed by atoms with Crippen LogP contribution in [0, 0.1) is 0 Å². The van der Waals surface area contributed by atoms with Crippen LogP contribution in [0.2, 0.25) is 0 Å². The van der Waals surface area contributed by atoms with E-state index in [-0.39, 0.29) is 6.10 Å². The van der Waals surface area contributed by atoms with Gasteiger partial charge in [0, 0.05) is 26.8 Å². The minimum Gasteiger partial charge on any atom is -0.392 e. The predicted octanol–water partition coefficient (Wildman–Crippen LogP) is 4.09. The van der Waals surface area contributed by atoms with Crippen molar-refractivity contribution in [1.29, 1.82) is 0 Å². The molecule has 1 aromatic rings. The Bertz CT molecular complexity index is 321. The first-order valence-corrected chi connectivity index (χ1v) is 8.49. The van der Waals surface area contributed by atoms with Crippen LogP contribution < -0.4 is 0 Å². The Morgan fingerprint density at radius 2 is 2.25 bits per heavy atom. The fourth-order valence-electron chi connectivity index (χ4n) is 2.05. The van der Waals surface area contributed by atoms with Gasteiger partial charge in [0.2, 0.25) is 0 Å². The molecule has 1 fully saturated rings. The highest BCUT2D eigenvalue weighted by Crippen LogP contribution is 2.31. The molecule has 0 amide bonds. The molecule has 1 nitrogen and oxygen atoms in total. The normalized spacial score (nSPS) is 19.1. The molecule has 1 atom stereocenters. The van der Waals surface area contributed by atoms with E-state index in [0.29, 0.717) is 0 Å². The summed E-state index contributed by atoms with van der Waals surface area (Å²) < 4.78 is 1.14. The molecule has 0 aromatic carbocycles. The maximum Gasteiger partial charge on any atom is 0.0679 e. The molecule has 1 heterocycles. The minimum atomic E-state index is -0.194. The monoisotopic (exact) mass is 320 g/mol. The van der Waals surface area contributed by atoms with Crippen molar-refractivity contribution in [2.24, 2.45) is 0 Å². The second-order valence-corrected chi connectivity index (χ2v) is 7.48. The third-order valence-corrected chi connectivity index (χ3v) is 6.41. The number of halogens is 1. The molecule has 0 aliphatic heterocycles. The van der Waals surface area contributed by atoms with Gasteiger partial charge in [0.15, 0.2) is 0 Å². The molecule has 0 bridgehead atoms. The maximum atomic E-state index is 9.97. The molecular weight excluding hydrogens is 304 g/mol. The van der Waals surface area contributed by atoms with Crippen LogP contribution in [-0.4, -0.2) is 22.2 Å². The molecule has 0 spiro atoms. The quantitative estimate of drug-likeness (QED) is 0.881. The van der Waals surface area contributed by atoms with Crippen molar-refractivity contribution in [3.05, 3.63) is 20.8 Å². The van der Waals surface area contributed by atoms with Crippen LogP contribution in [0.3, 0.4) is 0 Å². The van der Waals surface area contributed by atoms with E-state index in [4.69, 9.17) is 0 Å². The summed E-state index contributed by atoms with van der Waals surface area (Å²) in [6, 6.07) is 2.05. The van der Waals surface area contributed by atoms with E-state index in [2.05, 4.69) is 27.4 Å². The predicted molar refractivity (Wildman–Crippen MR) is 76.4 cm³/mol. The first kappa shape index (κ1) is 12.9. The summed E-state index contributed by atoms with van der Waals surface area (Å²) in [5, 5.41) is 12.8. The molecule has 2 rings (SSSR count). The first-order valence-electron chi connectivity index (χ1n) is 5.77. The molecule has 1 aliphatic carbocycles. The van der Waals surface area contributed by atoms with Gasteiger partial charge in [-0.3, -0.25) is 0 Å². The van der Waals surface area contributed by atoms with Crippen molar-refractivity contribution in [3.8, 4) is 0 Å². The molecule has 1 aromatic heterocycles. The molecule has 1 unspecified atom stereocenters. The third-order valence-electron chi connectivity index (χ3n) is 2.94. The number of aliphatic hydroxyl groups excluding tert-OH is 1. The summed E-state index contributed by atoms with van der Waals surface area (Å²) in [6.45, 7) is 0. The Labute approximate surface area is 114 Å². The van der Waals surface area contributed by atoms with Gasteiger partial charge in [0.1, 0.15) is 0 Å². The fourth-order valence-corrected chi connectivity index (χ4v) is 4.91. The molecule has 0 radical (unpaired) electrons.